The lowest BCUT2D eigenvalue weighted by molar-refractivity contribution is -0.274. The molecule has 6 aromatic carbocycles. The second-order valence-corrected chi connectivity index (χ2v) is 16.9. The van der Waals surface area contributed by atoms with Gasteiger partial charge in [-0.05, 0) is 121 Å². The molecule has 18 heteroatoms. The number of sulfonamides is 2. The van der Waals surface area contributed by atoms with Crippen LogP contribution in [0.5, 0.6) is 17.2 Å². The minimum Gasteiger partial charge on any atom is -0.493 e. The molecule has 6 rings (SSSR count). The van der Waals surface area contributed by atoms with Gasteiger partial charge in [0.2, 0.25) is 0 Å². The fourth-order valence-electron chi connectivity index (χ4n) is 6.16. The first kappa shape index (κ1) is 47.0. The van der Waals surface area contributed by atoms with Crippen LogP contribution < -0.4 is 23.7 Å². The van der Waals surface area contributed by atoms with Crippen molar-refractivity contribution in [3.63, 3.8) is 0 Å². The Morgan fingerprint density at radius 1 is 0.540 bits per heavy atom. The molecule has 6 aromatic rings. The molecule has 0 aliphatic rings. The molecule has 0 amide bonds. The topological polar surface area (TPSA) is 195 Å². The summed E-state index contributed by atoms with van der Waals surface area (Å²) in [5.41, 5.74) is 4.53. The lowest BCUT2D eigenvalue weighted by Gasteiger charge is -2.12. The Morgan fingerprint density at radius 3 is 1.37 bits per heavy atom. The molecule has 330 valence electrons. The van der Waals surface area contributed by atoms with Gasteiger partial charge in [-0.2, -0.15) is 0 Å². The minimum absolute atomic E-state index is 0.0551. The van der Waals surface area contributed by atoms with Crippen molar-refractivity contribution < 1.29 is 64.0 Å². The van der Waals surface area contributed by atoms with E-state index in [1.54, 1.807) is 72.8 Å². The van der Waals surface area contributed by atoms with Gasteiger partial charge in [0.15, 0.2) is 11.5 Å². The van der Waals surface area contributed by atoms with Gasteiger partial charge in [-0.25, -0.2) is 26.4 Å². The number of hydrogen-bond acceptors (Lipinski definition) is 9. The summed E-state index contributed by atoms with van der Waals surface area (Å²) in [6.07, 6.45) is -2.61. The van der Waals surface area contributed by atoms with Gasteiger partial charge in [0, 0.05) is 17.4 Å². The van der Waals surface area contributed by atoms with E-state index < -0.39 is 44.1 Å². The maximum Gasteiger partial charge on any atom is 0.573 e. The molecule has 0 spiro atoms. The number of anilines is 2. The van der Waals surface area contributed by atoms with Gasteiger partial charge >= 0.3 is 18.3 Å². The third-order valence-electron chi connectivity index (χ3n) is 9.31. The number of halogens is 3. The quantitative estimate of drug-likeness (QED) is 0.0683. The predicted molar refractivity (Wildman–Crippen MR) is 229 cm³/mol. The minimum atomic E-state index is -4.86. The third kappa shape index (κ3) is 13.5. The van der Waals surface area contributed by atoms with Gasteiger partial charge in [0.05, 0.1) is 35.1 Å². The highest BCUT2D eigenvalue weighted by Crippen LogP contribution is 2.30. The van der Waals surface area contributed by atoms with Crippen LogP contribution in [0.3, 0.4) is 0 Å². The van der Waals surface area contributed by atoms with Gasteiger partial charge in [0.25, 0.3) is 20.0 Å². The van der Waals surface area contributed by atoms with Crippen LogP contribution in [0, 0.1) is 0 Å². The lowest BCUT2D eigenvalue weighted by Crippen LogP contribution is -2.17. The first-order valence-electron chi connectivity index (χ1n) is 18.8. The standard InChI is InChI=1S/C23H23NO6S.C22H18F3NO5S/c1-29-21-14-13-19(15-22(21)30-2)31(27,28)24-18-11-8-16(9-12-18)7-10-17-5-3-4-6-20(17)23(25)26;23-22(24,25)31-18-11-13-19(14-12-18)32(29,30)26-17-9-6-15(7-10-17)5-8-16-3-1-2-4-20(16)21(27)28/h3-6,8-9,11-15,24H,7,10H2,1-2H3,(H,25,26);1-4,6-7,9-14,26H,5,8H2,(H,27,28). The summed E-state index contributed by atoms with van der Waals surface area (Å²) in [6, 6.07) is 35.4. The molecule has 0 aromatic heterocycles. The van der Waals surface area contributed by atoms with E-state index in [4.69, 9.17) is 9.47 Å². The number of hydrogen-bond donors (Lipinski definition) is 4. The van der Waals surface area contributed by atoms with E-state index in [0.29, 0.717) is 54.0 Å². The van der Waals surface area contributed by atoms with Crippen molar-refractivity contribution in [2.24, 2.45) is 0 Å². The SMILES string of the molecule is COc1ccc(S(=O)(=O)Nc2ccc(CCc3ccccc3C(=O)O)cc2)cc1OC.O=C(O)c1ccccc1CCc1ccc(NS(=O)(=O)c2ccc(OC(F)(F)F)cc2)cc1. The van der Waals surface area contributed by atoms with Crippen molar-refractivity contribution in [1.29, 1.82) is 0 Å². The Labute approximate surface area is 361 Å². The van der Waals surface area contributed by atoms with Crippen LogP contribution in [-0.4, -0.2) is 59.6 Å². The van der Waals surface area contributed by atoms with Crippen LogP contribution in [0.25, 0.3) is 0 Å². The number of rotatable bonds is 17. The molecule has 0 radical (unpaired) electrons. The zero-order chi connectivity index (χ0) is 45.8. The molecular weight excluding hydrogens is 866 g/mol. The average molecular weight is 907 g/mol. The molecule has 13 nitrogen and oxygen atoms in total. The fraction of sp³-hybridized carbons (Fsp3) is 0.156. The summed E-state index contributed by atoms with van der Waals surface area (Å²) < 4.78 is 106. The van der Waals surface area contributed by atoms with E-state index in [2.05, 4.69) is 14.2 Å². The maximum atomic E-state index is 12.7. The van der Waals surface area contributed by atoms with Gasteiger partial charge in [-0.3, -0.25) is 9.44 Å². The molecule has 4 N–H and O–H groups in total. The van der Waals surface area contributed by atoms with E-state index in [1.165, 1.54) is 38.5 Å². The number of carboxylic acids is 2. The Bertz CT molecular complexity index is 2750. The predicted octanol–water partition coefficient (Wildman–Crippen LogP) is 8.86. The van der Waals surface area contributed by atoms with Crippen LogP contribution in [0.4, 0.5) is 24.5 Å². The summed E-state index contributed by atoms with van der Waals surface area (Å²) in [7, 11) is -4.90. The average Bonchev–Trinajstić information content (AvgIpc) is 3.25. The number of alkyl halides is 3. The van der Waals surface area contributed by atoms with Crippen LogP contribution in [0.15, 0.2) is 149 Å². The van der Waals surface area contributed by atoms with Gasteiger partial charge < -0.3 is 24.4 Å². The number of benzene rings is 6. The molecule has 0 fully saturated rings. The molecule has 63 heavy (non-hydrogen) atoms. The summed E-state index contributed by atoms with van der Waals surface area (Å²) in [6.45, 7) is 0. The van der Waals surface area contributed by atoms with Crippen LogP contribution in [0.2, 0.25) is 0 Å². The number of nitrogens with one attached hydrogen (secondary N) is 2. The molecule has 0 saturated heterocycles. The van der Waals surface area contributed by atoms with Gasteiger partial charge in [-0.15, -0.1) is 13.2 Å². The van der Waals surface area contributed by atoms with Crippen LogP contribution in [0.1, 0.15) is 43.0 Å². The van der Waals surface area contributed by atoms with Crippen molar-refractivity contribution in [2.75, 3.05) is 23.7 Å². The zero-order valence-electron chi connectivity index (χ0n) is 33.6. The Morgan fingerprint density at radius 2 is 0.952 bits per heavy atom. The van der Waals surface area contributed by atoms with Crippen molar-refractivity contribution in [2.45, 2.75) is 41.8 Å². The molecule has 0 saturated carbocycles. The smallest absolute Gasteiger partial charge is 0.493 e. The number of aryl methyl sites for hydroxylation is 4. The monoisotopic (exact) mass is 906 g/mol. The molecule has 0 aliphatic heterocycles. The summed E-state index contributed by atoms with van der Waals surface area (Å²) in [4.78, 5) is 22.4. The lowest BCUT2D eigenvalue weighted by atomic mass is 10.00. The van der Waals surface area contributed by atoms with E-state index in [0.717, 1.165) is 41.0 Å². The Kier molecular flexibility index (Phi) is 15.4. The number of carboxylic acid groups (broad SMARTS) is 2. The van der Waals surface area contributed by atoms with Crippen molar-refractivity contribution >= 4 is 43.4 Å². The Hall–Kier alpha value is -7.05. The molecule has 0 heterocycles. The van der Waals surface area contributed by atoms with Gasteiger partial charge in [0.1, 0.15) is 5.75 Å². The van der Waals surface area contributed by atoms with E-state index in [-0.39, 0.29) is 21.0 Å². The number of ether oxygens (including phenoxy) is 3. The van der Waals surface area contributed by atoms with E-state index in [1.807, 2.05) is 18.2 Å². The Balaban J connectivity index is 0.000000238. The highest BCUT2D eigenvalue weighted by molar-refractivity contribution is 7.93. The third-order valence-corrected chi connectivity index (χ3v) is 12.1. The maximum absolute atomic E-state index is 12.7. The van der Waals surface area contributed by atoms with Crippen LogP contribution >= 0.6 is 0 Å². The fourth-order valence-corrected chi connectivity index (χ4v) is 8.30. The highest BCUT2D eigenvalue weighted by Gasteiger charge is 2.31. The largest absolute Gasteiger partial charge is 0.573 e. The second kappa shape index (κ2) is 20.7. The summed E-state index contributed by atoms with van der Waals surface area (Å²) >= 11 is 0. The molecule has 0 unspecified atom stereocenters. The number of carbonyl (C=O) groups is 2. The number of methoxy groups -OCH3 is 2. The van der Waals surface area contributed by atoms with E-state index in [9.17, 15) is 49.8 Å². The first-order chi connectivity index (χ1) is 29.9. The molecule has 0 atom stereocenters. The van der Waals surface area contributed by atoms with Gasteiger partial charge in [-0.1, -0.05) is 60.7 Å². The summed E-state index contributed by atoms with van der Waals surface area (Å²) in [5, 5.41) is 18.5. The van der Waals surface area contributed by atoms with E-state index >= 15 is 0 Å². The molecular formula is C45H41F3N2O11S2. The first-order valence-corrected chi connectivity index (χ1v) is 21.8. The van der Waals surface area contributed by atoms with Crippen molar-refractivity contribution in [3.05, 3.63) is 173 Å². The molecule has 0 aliphatic carbocycles. The zero-order valence-corrected chi connectivity index (χ0v) is 35.3. The van der Waals surface area contributed by atoms with Crippen LogP contribution in [-0.2, 0) is 45.7 Å². The molecule has 0 bridgehead atoms. The highest BCUT2D eigenvalue weighted by atomic mass is 32.2. The normalized spacial score (nSPS) is 11.4. The van der Waals surface area contributed by atoms with Crippen molar-refractivity contribution in [3.8, 4) is 17.2 Å². The number of aromatic carboxylic acids is 2. The second-order valence-electron chi connectivity index (χ2n) is 13.6. The summed E-state index contributed by atoms with van der Waals surface area (Å²) in [5.74, 6) is -1.71. The van der Waals surface area contributed by atoms with Crippen molar-refractivity contribution in [1.82, 2.24) is 0 Å².